The molecule has 0 saturated heterocycles. The van der Waals surface area contributed by atoms with Crippen molar-refractivity contribution in [3.8, 4) is 12.1 Å². The van der Waals surface area contributed by atoms with Crippen LogP contribution in [0.3, 0.4) is 0 Å². The van der Waals surface area contributed by atoms with Crippen LogP contribution in [0.15, 0.2) is 24.3 Å². The highest BCUT2D eigenvalue weighted by atomic mass is 79.9. The summed E-state index contributed by atoms with van der Waals surface area (Å²) in [6, 6.07) is 11.0. The van der Waals surface area contributed by atoms with Crippen molar-refractivity contribution in [1.29, 1.82) is 10.5 Å². The zero-order valence-corrected chi connectivity index (χ0v) is 7.75. The largest absolute Gasteiger partial charge is 0.197 e. The lowest BCUT2D eigenvalue weighted by Gasteiger charge is -1.99. The molecular weight excluding hydrogens is 216 g/mol. The number of rotatable bonds is 1. The van der Waals surface area contributed by atoms with Gasteiger partial charge in [-0.2, -0.15) is 10.5 Å². The van der Waals surface area contributed by atoms with Gasteiger partial charge in [0.15, 0.2) is 0 Å². The maximum atomic E-state index is 8.57. The number of halogens is 1. The Hall–Kier alpha value is -1.32. The van der Waals surface area contributed by atoms with Crippen molar-refractivity contribution in [2.24, 2.45) is 0 Å². The number of benzene rings is 1. The molecule has 0 aromatic heterocycles. The van der Waals surface area contributed by atoms with Crippen LogP contribution < -0.4 is 0 Å². The van der Waals surface area contributed by atoms with E-state index >= 15 is 0 Å². The SMILES string of the molecule is N#Cc1cccc(C(Br)C#N)c1. The number of nitrogens with zero attached hydrogens (tertiary/aromatic N) is 2. The van der Waals surface area contributed by atoms with E-state index < -0.39 is 0 Å². The minimum Gasteiger partial charge on any atom is -0.197 e. The van der Waals surface area contributed by atoms with Crippen LogP contribution in [0, 0.1) is 22.7 Å². The Kier molecular flexibility index (Phi) is 2.85. The third-order valence-electron chi connectivity index (χ3n) is 1.42. The third kappa shape index (κ3) is 1.84. The number of hydrogen-bond donors (Lipinski definition) is 0. The van der Waals surface area contributed by atoms with Crippen LogP contribution in [0.4, 0.5) is 0 Å². The van der Waals surface area contributed by atoms with Crippen LogP contribution in [0.25, 0.3) is 0 Å². The molecule has 3 heteroatoms. The lowest BCUT2D eigenvalue weighted by Crippen LogP contribution is -1.86. The first-order valence-corrected chi connectivity index (χ1v) is 4.23. The topological polar surface area (TPSA) is 47.6 Å². The zero-order chi connectivity index (χ0) is 8.97. The fourth-order valence-corrected chi connectivity index (χ4v) is 1.13. The van der Waals surface area contributed by atoms with Crippen molar-refractivity contribution in [3.05, 3.63) is 35.4 Å². The summed E-state index contributed by atoms with van der Waals surface area (Å²) >= 11 is 3.18. The van der Waals surface area contributed by atoms with E-state index in [1.165, 1.54) is 0 Å². The van der Waals surface area contributed by atoms with Crippen molar-refractivity contribution in [3.63, 3.8) is 0 Å². The van der Waals surface area contributed by atoms with Crippen molar-refractivity contribution < 1.29 is 0 Å². The Morgan fingerprint density at radius 2 is 2.08 bits per heavy atom. The second kappa shape index (κ2) is 3.90. The fraction of sp³-hybridized carbons (Fsp3) is 0.111. The van der Waals surface area contributed by atoms with Gasteiger partial charge in [-0.25, -0.2) is 0 Å². The van der Waals surface area contributed by atoms with Gasteiger partial charge in [-0.1, -0.05) is 28.1 Å². The predicted molar refractivity (Wildman–Crippen MR) is 48.4 cm³/mol. The smallest absolute Gasteiger partial charge is 0.126 e. The molecule has 0 fully saturated rings. The maximum Gasteiger partial charge on any atom is 0.126 e. The molecule has 0 saturated carbocycles. The summed E-state index contributed by atoms with van der Waals surface area (Å²) in [5.74, 6) is 0. The van der Waals surface area contributed by atoms with Gasteiger partial charge >= 0.3 is 0 Å². The van der Waals surface area contributed by atoms with Crippen molar-refractivity contribution >= 4 is 15.9 Å². The van der Waals surface area contributed by atoms with Crippen LogP contribution in [0.2, 0.25) is 0 Å². The summed E-state index contributed by atoms with van der Waals surface area (Å²) in [4.78, 5) is -0.328. The first-order chi connectivity index (χ1) is 5.77. The highest BCUT2D eigenvalue weighted by molar-refractivity contribution is 9.09. The molecule has 0 aliphatic rings. The van der Waals surface area contributed by atoms with Crippen molar-refractivity contribution in [2.45, 2.75) is 4.83 Å². The second-order valence-electron chi connectivity index (χ2n) is 2.23. The molecule has 0 radical (unpaired) electrons. The van der Waals surface area contributed by atoms with Crippen LogP contribution in [-0.4, -0.2) is 0 Å². The zero-order valence-electron chi connectivity index (χ0n) is 6.16. The molecule has 0 aliphatic heterocycles. The van der Waals surface area contributed by atoms with E-state index in [4.69, 9.17) is 10.5 Å². The molecule has 0 bridgehead atoms. The van der Waals surface area contributed by atoms with Gasteiger partial charge in [0.2, 0.25) is 0 Å². The van der Waals surface area contributed by atoms with Crippen LogP contribution >= 0.6 is 15.9 Å². The quantitative estimate of drug-likeness (QED) is 0.684. The molecule has 1 aromatic rings. The standard InChI is InChI=1S/C9H5BrN2/c10-9(6-12)8-3-1-2-7(4-8)5-11/h1-4,9H. The first-order valence-electron chi connectivity index (χ1n) is 3.31. The molecule has 58 valence electrons. The number of nitriles is 2. The Morgan fingerprint density at radius 1 is 1.33 bits per heavy atom. The second-order valence-corrected chi connectivity index (χ2v) is 3.14. The summed E-state index contributed by atoms with van der Waals surface area (Å²) in [6.07, 6.45) is 0. The summed E-state index contributed by atoms with van der Waals surface area (Å²) in [5.41, 5.74) is 1.39. The average molecular weight is 221 g/mol. The molecule has 2 nitrogen and oxygen atoms in total. The minimum atomic E-state index is -0.328. The van der Waals surface area contributed by atoms with Gasteiger partial charge in [0.05, 0.1) is 17.7 Å². The van der Waals surface area contributed by atoms with Crippen molar-refractivity contribution in [2.75, 3.05) is 0 Å². The predicted octanol–water partition coefficient (Wildman–Crippen LogP) is 2.52. The van der Waals surface area contributed by atoms with E-state index in [9.17, 15) is 0 Å². The van der Waals surface area contributed by atoms with Crippen LogP contribution in [-0.2, 0) is 0 Å². The Bertz CT molecular complexity index is 360. The molecule has 1 aromatic carbocycles. The molecule has 0 N–H and O–H groups in total. The Morgan fingerprint density at radius 3 is 2.67 bits per heavy atom. The Labute approximate surface area is 79.2 Å². The van der Waals surface area contributed by atoms with Gasteiger partial charge in [0, 0.05) is 0 Å². The summed E-state index contributed by atoms with van der Waals surface area (Å²) < 4.78 is 0. The molecular formula is C9H5BrN2. The number of hydrogen-bond acceptors (Lipinski definition) is 2. The maximum absolute atomic E-state index is 8.57. The van der Waals surface area contributed by atoms with E-state index in [-0.39, 0.29) is 4.83 Å². The normalized spacial score (nSPS) is 11.2. The van der Waals surface area contributed by atoms with Gasteiger partial charge in [-0.3, -0.25) is 0 Å². The van der Waals surface area contributed by atoms with Gasteiger partial charge in [-0.15, -0.1) is 0 Å². The van der Waals surface area contributed by atoms with Crippen molar-refractivity contribution in [1.82, 2.24) is 0 Å². The van der Waals surface area contributed by atoms with Gasteiger partial charge in [0.1, 0.15) is 4.83 Å². The van der Waals surface area contributed by atoms with Crippen LogP contribution in [0.5, 0.6) is 0 Å². The van der Waals surface area contributed by atoms with E-state index in [2.05, 4.69) is 15.9 Å². The van der Waals surface area contributed by atoms with E-state index in [1.54, 1.807) is 18.2 Å². The van der Waals surface area contributed by atoms with E-state index in [0.29, 0.717) is 5.56 Å². The lowest BCUT2D eigenvalue weighted by atomic mass is 10.1. The molecule has 1 atom stereocenters. The fourth-order valence-electron chi connectivity index (χ4n) is 0.840. The summed E-state index contributed by atoms with van der Waals surface area (Å²) in [5, 5.41) is 17.1. The number of alkyl halides is 1. The van der Waals surface area contributed by atoms with Gasteiger partial charge in [0.25, 0.3) is 0 Å². The van der Waals surface area contributed by atoms with E-state index in [0.717, 1.165) is 5.56 Å². The molecule has 12 heavy (non-hydrogen) atoms. The van der Waals surface area contributed by atoms with Gasteiger partial charge in [-0.05, 0) is 17.7 Å². The highest BCUT2D eigenvalue weighted by Crippen LogP contribution is 2.21. The first kappa shape index (κ1) is 8.77. The lowest BCUT2D eigenvalue weighted by molar-refractivity contribution is 1.24. The monoisotopic (exact) mass is 220 g/mol. The summed E-state index contributed by atoms with van der Waals surface area (Å²) in [6.45, 7) is 0. The third-order valence-corrected chi connectivity index (χ3v) is 2.16. The molecule has 0 heterocycles. The summed E-state index contributed by atoms with van der Waals surface area (Å²) in [7, 11) is 0. The molecule has 1 unspecified atom stereocenters. The average Bonchev–Trinajstić information content (AvgIpc) is 2.17. The Balaban J connectivity index is 3.05. The molecule has 1 rings (SSSR count). The minimum absolute atomic E-state index is 0.328. The molecule has 0 spiro atoms. The van der Waals surface area contributed by atoms with Crippen LogP contribution in [0.1, 0.15) is 16.0 Å². The highest BCUT2D eigenvalue weighted by Gasteiger charge is 2.04. The van der Waals surface area contributed by atoms with Gasteiger partial charge < -0.3 is 0 Å². The molecule has 0 aliphatic carbocycles. The van der Waals surface area contributed by atoms with E-state index in [1.807, 2.05) is 18.2 Å². The molecule has 0 amide bonds.